The van der Waals surface area contributed by atoms with Crippen molar-refractivity contribution in [2.75, 3.05) is 19.0 Å². The zero-order valence-corrected chi connectivity index (χ0v) is 6.49. The maximum Gasteiger partial charge on any atom is -0.0145 e. The van der Waals surface area contributed by atoms with Gasteiger partial charge < -0.3 is 0 Å². The van der Waals surface area contributed by atoms with E-state index in [-0.39, 0.29) is 0 Å². The fraction of sp³-hybridized carbons (Fsp3) is 0.571. The summed E-state index contributed by atoms with van der Waals surface area (Å²) in [5.74, 6) is 2.41. The van der Waals surface area contributed by atoms with Crippen molar-refractivity contribution in [3.63, 3.8) is 0 Å². The molecule has 0 spiro atoms. The van der Waals surface area contributed by atoms with Crippen LogP contribution in [0.15, 0.2) is 12.2 Å². The van der Waals surface area contributed by atoms with Crippen molar-refractivity contribution < 1.29 is 0 Å². The van der Waals surface area contributed by atoms with Gasteiger partial charge in [-0.15, -0.1) is 6.89 Å². The summed E-state index contributed by atoms with van der Waals surface area (Å²) in [5, 5.41) is 0. The Morgan fingerprint density at radius 2 is 2.38 bits per heavy atom. The van der Waals surface area contributed by atoms with Crippen molar-refractivity contribution in [2.45, 2.75) is 6.92 Å². The molecule has 0 N–H and O–H groups in total. The Labute approximate surface area is 51.6 Å². The Kier molecular flexibility index (Phi) is 1.62. The van der Waals surface area contributed by atoms with Crippen molar-refractivity contribution in [3.8, 4) is 0 Å². The SMILES string of the molecule is CCP1(C)=CC=CC1. The summed E-state index contributed by atoms with van der Waals surface area (Å²) in [6, 6.07) is 0. The number of hydrogen-bond donors (Lipinski definition) is 0. The Balaban J connectivity index is 2.71. The third-order valence-corrected chi connectivity index (χ3v) is 5.21. The van der Waals surface area contributed by atoms with Gasteiger partial charge in [0.05, 0.1) is 0 Å². The van der Waals surface area contributed by atoms with E-state index in [4.69, 9.17) is 0 Å². The van der Waals surface area contributed by atoms with Crippen molar-refractivity contribution in [1.29, 1.82) is 0 Å². The largest absolute Gasteiger partial charge is 0.104 e. The minimum absolute atomic E-state index is 0.537. The third-order valence-electron chi connectivity index (χ3n) is 1.83. The highest BCUT2D eigenvalue weighted by molar-refractivity contribution is 7.75. The average molecular weight is 128 g/mol. The predicted molar refractivity (Wildman–Crippen MR) is 43.5 cm³/mol. The van der Waals surface area contributed by atoms with Crippen LogP contribution in [0.3, 0.4) is 0 Å². The van der Waals surface area contributed by atoms with Crippen LogP contribution in [-0.2, 0) is 0 Å². The van der Waals surface area contributed by atoms with Gasteiger partial charge in [-0.3, -0.25) is 0 Å². The molecule has 0 aliphatic carbocycles. The van der Waals surface area contributed by atoms with Gasteiger partial charge in [0.25, 0.3) is 0 Å². The zero-order valence-electron chi connectivity index (χ0n) is 5.59. The second kappa shape index (κ2) is 2.11. The maximum atomic E-state index is 2.41. The first kappa shape index (κ1) is 6.16. The molecule has 0 aromatic carbocycles. The topological polar surface area (TPSA) is 0 Å². The van der Waals surface area contributed by atoms with Crippen molar-refractivity contribution >= 4 is 12.7 Å². The first-order valence-electron chi connectivity index (χ1n) is 3.12. The molecule has 46 valence electrons. The van der Waals surface area contributed by atoms with Crippen LogP contribution in [0.2, 0.25) is 0 Å². The van der Waals surface area contributed by atoms with Crippen LogP contribution in [0.25, 0.3) is 0 Å². The highest BCUT2D eigenvalue weighted by Crippen LogP contribution is 2.44. The number of rotatable bonds is 1. The normalized spacial score (nSPS) is 35.2. The molecule has 0 fully saturated rings. The number of allylic oxidation sites excluding steroid dienone is 2. The van der Waals surface area contributed by atoms with Gasteiger partial charge in [0.1, 0.15) is 0 Å². The second-order valence-corrected chi connectivity index (χ2v) is 6.81. The van der Waals surface area contributed by atoms with E-state index in [0.29, 0.717) is 0 Å². The Morgan fingerprint density at radius 3 is 2.62 bits per heavy atom. The van der Waals surface area contributed by atoms with Crippen LogP contribution in [0.1, 0.15) is 6.92 Å². The van der Waals surface area contributed by atoms with Crippen LogP contribution in [0.4, 0.5) is 0 Å². The van der Waals surface area contributed by atoms with Crippen molar-refractivity contribution in [1.82, 2.24) is 0 Å². The molecule has 8 heavy (non-hydrogen) atoms. The minimum Gasteiger partial charge on any atom is -0.104 e. The molecule has 0 aromatic heterocycles. The van der Waals surface area contributed by atoms with Crippen LogP contribution in [0.5, 0.6) is 0 Å². The molecule has 0 aromatic rings. The highest BCUT2D eigenvalue weighted by Gasteiger charge is 2.06. The molecular weight excluding hydrogens is 115 g/mol. The summed E-state index contributed by atoms with van der Waals surface area (Å²) in [4.78, 5) is 0. The molecular formula is C7H13P. The van der Waals surface area contributed by atoms with Gasteiger partial charge in [-0.1, -0.05) is 24.9 Å². The van der Waals surface area contributed by atoms with Gasteiger partial charge in [0.15, 0.2) is 0 Å². The molecule has 0 saturated carbocycles. The Morgan fingerprint density at radius 1 is 1.62 bits per heavy atom. The molecule has 1 heterocycles. The van der Waals surface area contributed by atoms with E-state index in [0.717, 1.165) is 0 Å². The van der Waals surface area contributed by atoms with E-state index in [2.05, 4.69) is 31.5 Å². The summed E-state index contributed by atoms with van der Waals surface area (Å²) in [6.07, 6.45) is 7.23. The molecule has 0 amide bonds. The fourth-order valence-corrected chi connectivity index (χ4v) is 2.60. The lowest BCUT2D eigenvalue weighted by molar-refractivity contribution is 1.47. The third kappa shape index (κ3) is 1.06. The van der Waals surface area contributed by atoms with E-state index in [1.54, 1.807) is 0 Å². The van der Waals surface area contributed by atoms with Crippen molar-refractivity contribution in [3.05, 3.63) is 12.2 Å². The van der Waals surface area contributed by atoms with Crippen molar-refractivity contribution in [2.24, 2.45) is 0 Å². The van der Waals surface area contributed by atoms with E-state index in [9.17, 15) is 0 Å². The van der Waals surface area contributed by atoms with Gasteiger partial charge in [0.2, 0.25) is 0 Å². The first-order chi connectivity index (χ1) is 3.77. The summed E-state index contributed by atoms with van der Waals surface area (Å²) >= 11 is 0. The Hall–Kier alpha value is 0.0400. The molecule has 1 aliphatic rings. The maximum absolute atomic E-state index is 2.41. The molecule has 0 nitrogen and oxygen atoms in total. The van der Waals surface area contributed by atoms with Gasteiger partial charge in [-0.2, -0.15) is 0 Å². The first-order valence-corrected chi connectivity index (χ1v) is 5.80. The molecule has 1 unspecified atom stereocenters. The van der Waals surface area contributed by atoms with Gasteiger partial charge in [0, 0.05) is 0 Å². The van der Waals surface area contributed by atoms with Crippen LogP contribution in [-0.4, -0.2) is 24.8 Å². The van der Waals surface area contributed by atoms with E-state index >= 15 is 0 Å². The summed E-state index contributed by atoms with van der Waals surface area (Å²) in [5.41, 5.74) is 0. The average Bonchev–Trinajstić information content (AvgIpc) is 2.17. The smallest absolute Gasteiger partial charge is 0.0145 e. The van der Waals surface area contributed by atoms with Gasteiger partial charge in [-0.05, 0) is 19.0 Å². The van der Waals surface area contributed by atoms with Gasteiger partial charge in [-0.25, -0.2) is 0 Å². The zero-order chi connectivity index (χ0) is 6.04. The summed E-state index contributed by atoms with van der Waals surface area (Å²) in [7, 11) is 0. The van der Waals surface area contributed by atoms with E-state index in [1.165, 1.54) is 12.3 Å². The second-order valence-electron chi connectivity index (χ2n) is 2.56. The van der Waals surface area contributed by atoms with Crippen LogP contribution in [0, 0.1) is 0 Å². The van der Waals surface area contributed by atoms with E-state index in [1.807, 2.05) is 0 Å². The lowest BCUT2D eigenvalue weighted by atomic mass is 10.6. The molecule has 1 atom stereocenters. The molecule has 0 bridgehead atoms. The highest BCUT2D eigenvalue weighted by atomic mass is 31.2. The van der Waals surface area contributed by atoms with Gasteiger partial charge >= 0.3 is 0 Å². The molecule has 1 rings (SSSR count). The van der Waals surface area contributed by atoms with E-state index < -0.39 is 6.89 Å². The summed E-state index contributed by atoms with van der Waals surface area (Å²) in [6.45, 7) is 4.16. The van der Waals surface area contributed by atoms with Crippen LogP contribution >= 0.6 is 6.89 Å². The summed E-state index contributed by atoms with van der Waals surface area (Å²) < 4.78 is 0. The fourth-order valence-electron chi connectivity index (χ4n) is 0.866. The molecule has 0 saturated heterocycles. The van der Waals surface area contributed by atoms with Crippen LogP contribution < -0.4 is 0 Å². The molecule has 0 radical (unpaired) electrons. The standard InChI is InChI=1S/C7H13P/c1-3-8(2)6-4-5-7-8/h4-6H,3,7H2,1-2H3. The lowest BCUT2D eigenvalue weighted by Gasteiger charge is -2.10. The number of hydrogen-bond acceptors (Lipinski definition) is 0. The molecule has 1 heteroatoms. The Bertz CT molecular complexity index is 154. The molecule has 1 aliphatic heterocycles. The monoisotopic (exact) mass is 128 g/mol. The minimum atomic E-state index is -0.537. The quantitative estimate of drug-likeness (QED) is 0.474. The predicted octanol–water partition coefficient (Wildman–Crippen LogP) is 2.03. The lowest BCUT2D eigenvalue weighted by Crippen LogP contribution is -1.84.